The van der Waals surface area contributed by atoms with Crippen LogP contribution in [0, 0.1) is 0 Å². The molecule has 0 aliphatic heterocycles. The molecule has 0 radical (unpaired) electrons. The van der Waals surface area contributed by atoms with E-state index in [4.69, 9.17) is 37.4 Å². The van der Waals surface area contributed by atoms with Gasteiger partial charge in [-0.25, -0.2) is 9.59 Å². The van der Waals surface area contributed by atoms with Gasteiger partial charge in [0, 0.05) is 30.6 Å². The van der Waals surface area contributed by atoms with E-state index in [-0.39, 0.29) is 41.1 Å². The zero-order valence-corrected chi connectivity index (χ0v) is 21.0. The highest BCUT2D eigenvalue weighted by molar-refractivity contribution is 6.38. The molecule has 0 saturated carbocycles. The Balaban J connectivity index is 2.08. The van der Waals surface area contributed by atoms with Gasteiger partial charge in [-0.15, -0.1) is 0 Å². The summed E-state index contributed by atoms with van der Waals surface area (Å²) in [4.78, 5) is 44.5. The number of hydrogen-bond acceptors (Lipinski definition) is 7. The molecule has 35 heavy (non-hydrogen) atoms. The average molecular weight is 521 g/mol. The Morgan fingerprint density at radius 2 is 1.74 bits per heavy atom. The third-order valence-corrected chi connectivity index (χ3v) is 6.15. The second-order valence-electron chi connectivity index (χ2n) is 7.82. The Labute approximate surface area is 213 Å². The molecule has 0 N–H and O–H groups in total. The number of methoxy groups -OCH3 is 2. The Kier molecular flexibility index (Phi) is 9.65. The molecule has 0 saturated heterocycles. The molecular formula is C25H26Cl2N2O6. The lowest BCUT2D eigenvalue weighted by Crippen LogP contribution is -2.34. The van der Waals surface area contributed by atoms with Gasteiger partial charge in [0.1, 0.15) is 6.61 Å². The molecule has 3 rings (SSSR count). The Bertz CT molecular complexity index is 1120. The van der Waals surface area contributed by atoms with Crippen molar-refractivity contribution >= 4 is 46.7 Å². The number of carbonyl (C=O) groups excluding carboxylic acids is 3. The number of ether oxygens (including phenoxy) is 3. The van der Waals surface area contributed by atoms with Gasteiger partial charge in [0.25, 0.3) is 5.91 Å². The number of aromatic nitrogens is 1. The van der Waals surface area contributed by atoms with Gasteiger partial charge in [0.05, 0.1) is 41.6 Å². The van der Waals surface area contributed by atoms with Crippen LogP contribution in [0.4, 0.5) is 5.69 Å². The number of anilines is 1. The Morgan fingerprint density at radius 1 is 1.00 bits per heavy atom. The molecule has 1 heterocycles. The highest BCUT2D eigenvalue weighted by Gasteiger charge is 2.30. The number of esters is 2. The monoisotopic (exact) mass is 520 g/mol. The van der Waals surface area contributed by atoms with Crippen LogP contribution >= 0.6 is 23.2 Å². The van der Waals surface area contributed by atoms with Gasteiger partial charge in [0.15, 0.2) is 0 Å². The first kappa shape index (κ1) is 26.7. The van der Waals surface area contributed by atoms with E-state index in [1.165, 1.54) is 31.3 Å². The maximum atomic E-state index is 13.9. The molecule has 1 aromatic heterocycles. The van der Waals surface area contributed by atoms with Crippen LogP contribution in [-0.2, 0) is 30.3 Å². The van der Waals surface area contributed by atoms with E-state index in [1.54, 1.807) is 18.5 Å². The highest BCUT2D eigenvalue weighted by atomic mass is 35.5. The van der Waals surface area contributed by atoms with Crippen molar-refractivity contribution in [2.45, 2.75) is 32.2 Å². The summed E-state index contributed by atoms with van der Waals surface area (Å²) in [6, 6.07) is 6.38. The molecule has 0 fully saturated rings. The van der Waals surface area contributed by atoms with Gasteiger partial charge in [-0.3, -0.25) is 9.78 Å². The fourth-order valence-electron chi connectivity index (χ4n) is 3.79. The Hall–Kier alpha value is -2.94. The fraction of sp³-hybridized carbons (Fsp3) is 0.360. The van der Waals surface area contributed by atoms with Crippen molar-refractivity contribution in [1.82, 2.24) is 4.98 Å². The molecule has 1 amide bonds. The first-order chi connectivity index (χ1) is 16.9. The van der Waals surface area contributed by atoms with Crippen LogP contribution in [0.3, 0.4) is 0 Å². The summed E-state index contributed by atoms with van der Waals surface area (Å²) in [6.45, 7) is 0.446. The molecule has 10 heteroatoms. The Morgan fingerprint density at radius 3 is 2.40 bits per heavy atom. The lowest BCUT2D eigenvalue weighted by atomic mass is 9.90. The van der Waals surface area contributed by atoms with E-state index in [2.05, 4.69) is 4.98 Å². The predicted octanol–water partition coefficient (Wildman–Crippen LogP) is 4.77. The van der Waals surface area contributed by atoms with Crippen molar-refractivity contribution in [3.63, 3.8) is 0 Å². The molecule has 1 aliphatic rings. The number of amides is 1. The summed E-state index contributed by atoms with van der Waals surface area (Å²) in [5, 5.41) is 0.263. The van der Waals surface area contributed by atoms with Crippen molar-refractivity contribution in [3.8, 4) is 0 Å². The van der Waals surface area contributed by atoms with Crippen LogP contribution in [0.15, 0.2) is 47.8 Å². The standard InChI is InChI=1S/C25H26Cl2N2O6/c1-33-10-11-35-25(32)18-8-4-3-7-17(18)23(30)29(15-16-6-5-9-28-14-16)22-12-19(24(31)34-2)20(26)13-21(22)27/h5-6,9,12-14H,3-4,7-8,10-11,15H2,1-2H3. The molecule has 0 atom stereocenters. The number of pyridine rings is 1. The summed E-state index contributed by atoms with van der Waals surface area (Å²) >= 11 is 12.7. The third kappa shape index (κ3) is 6.60. The molecule has 1 aliphatic carbocycles. The van der Waals surface area contributed by atoms with E-state index in [9.17, 15) is 14.4 Å². The van der Waals surface area contributed by atoms with Gasteiger partial charge in [0.2, 0.25) is 0 Å². The van der Waals surface area contributed by atoms with Crippen molar-refractivity contribution in [3.05, 3.63) is 69.0 Å². The molecule has 0 bridgehead atoms. The smallest absolute Gasteiger partial charge is 0.339 e. The van der Waals surface area contributed by atoms with E-state index >= 15 is 0 Å². The summed E-state index contributed by atoms with van der Waals surface area (Å²) in [5.74, 6) is -1.61. The minimum absolute atomic E-state index is 0.0642. The maximum Gasteiger partial charge on any atom is 0.339 e. The van der Waals surface area contributed by atoms with Crippen molar-refractivity contribution < 1.29 is 28.6 Å². The number of halogens is 2. The number of carbonyl (C=O) groups is 3. The van der Waals surface area contributed by atoms with Crippen LogP contribution in [0.5, 0.6) is 0 Å². The lowest BCUT2D eigenvalue weighted by Gasteiger charge is -2.28. The lowest BCUT2D eigenvalue weighted by molar-refractivity contribution is -0.140. The first-order valence-corrected chi connectivity index (χ1v) is 11.8. The van der Waals surface area contributed by atoms with Crippen molar-refractivity contribution in [2.75, 3.05) is 32.3 Å². The summed E-state index contributed by atoms with van der Waals surface area (Å²) in [6.07, 6.45) is 5.60. The summed E-state index contributed by atoms with van der Waals surface area (Å²) < 4.78 is 15.1. The minimum atomic E-state index is -0.666. The quantitative estimate of drug-likeness (QED) is 0.347. The second-order valence-corrected chi connectivity index (χ2v) is 8.63. The van der Waals surface area contributed by atoms with Crippen molar-refractivity contribution in [1.29, 1.82) is 0 Å². The third-order valence-electron chi connectivity index (χ3n) is 5.53. The van der Waals surface area contributed by atoms with Gasteiger partial charge < -0.3 is 19.1 Å². The van der Waals surface area contributed by atoms with E-state index < -0.39 is 17.8 Å². The fourth-order valence-corrected chi connectivity index (χ4v) is 4.35. The van der Waals surface area contributed by atoms with Crippen LogP contribution < -0.4 is 4.90 Å². The summed E-state index contributed by atoms with van der Waals surface area (Å²) in [5.41, 5.74) is 1.75. The maximum absolute atomic E-state index is 13.9. The van der Waals surface area contributed by atoms with Crippen molar-refractivity contribution in [2.24, 2.45) is 0 Å². The molecule has 186 valence electrons. The van der Waals surface area contributed by atoms with Crippen LogP contribution in [0.25, 0.3) is 0 Å². The van der Waals surface area contributed by atoms with Crippen LogP contribution in [0.2, 0.25) is 10.0 Å². The predicted molar refractivity (Wildman–Crippen MR) is 132 cm³/mol. The number of hydrogen-bond donors (Lipinski definition) is 0. The molecular weight excluding hydrogens is 495 g/mol. The zero-order chi connectivity index (χ0) is 25.4. The topological polar surface area (TPSA) is 95.0 Å². The SMILES string of the molecule is COCCOC(=O)C1=C(C(=O)N(Cc2cccnc2)c2cc(C(=O)OC)c(Cl)cc2Cl)CCCC1. The molecule has 2 aromatic rings. The van der Waals surface area contributed by atoms with E-state index in [1.807, 2.05) is 6.07 Å². The van der Waals surface area contributed by atoms with Crippen LogP contribution in [0.1, 0.15) is 41.6 Å². The molecule has 1 aromatic carbocycles. The van der Waals surface area contributed by atoms with Gasteiger partial charge >= 0.3 is 11.9 Å². The van der Waals surface area contributed by atoms with Gasteiger partial charge in [-0.05, 0) is 49.4 Å². The molecule has 0 unspecified atom stereocenters. The first-order valence-electron chi connectivity index (χ1n) is 11.0. The normalized spacial score (nSPS) is 13.4. The van der Waals surface area contributed by atoms with Gasteiger partial charge in [-0.2, -0.15) is 0 Å². The number of rotatable bonds is 9. The highest BCUT2D eigenvalue weighted by Crippen LogP contribution is 2.36. The largest absolute Gasteiger partial charge is 0.465 e. The number of benzene rings is 1. The summed E-state index contributed by atoms with van der Waals surface area (Å²) in [7, 11) is 2.75. The van der Waals surface area contributed by atoms with E-state index in [0.717, 1.165) is 18.4 Å². The zero-order valence-electron chi connectivity index (χ0n) is 19.5. The molecule has 0 spiro atoms. The second kappa shape index (κ2) is 12.7. The minimum Gasteiger partial charge on any atom is -0.465 e. The van der Waals surface area contributed by atoms with E-state index in [0.29, 0.717) is 24.0 Å². The van der Waals surface area contributed by atoms with Crippen LogP contribution in [-0.4, -0.2) is 50.3 Å². The average Bonchev–Trinajstić information content (AvgIpc) is 2.87. The van der Waals surface area contributed by atoms with Gasteiger partial charge in [-0.1, -0.05) is 29.3 Å². The molecule has 8 nitrogen and oxygen atoms in total. The number of nitrogens with zero attached hydrogens (tertiary/aromatic N) is 2.